The maximum absolute atomic E-state index is 11.8. The predicted octanol–water partition coefficient (Wildman–Crippen LogP) is 1.15. The SMILES string of the molecule is CCCN1CC(C)=C(NC(=O)NC)C2=C1N1CN(OC)C=C1C=N2. The van der Waals surface area contributed by atoms with Crippen LogP contribution < -0.4 is 10.6 Å². The number of hydrogen-bond donors (Lipinski definition) is 2. The monoisotopic (exact) mass is 332 g/mol. The molecule has 3 aliphatic heterocycles. The van der Waals surface area contributed by atoms with Crippen molar-refractivity contribution in [1.82, 2.24) is 25.5 Å². The summed E-state index contributed by atoms with van der Waals surface area (Å²) >= 11 is 0. The highest BCUT2D eigenvalue weighted by Gasteiger charge is 2.36. The normalized spacial score (nSPS) is 19.5. The van der Waals surface area contributed by atoms with Gasteiger partial charge in [0.1, 0.15) is 18.2 Å². The first-order valence-corrected chi connectivity index (χ1v) is 8.11. The van der Waals surface area contributed by atoms with Gasteiger partial charge in [0.15, 0.2) is 0 Å². The molecule has 2 amide bonds. The summed E-state index contributed by atoms with van der Waals surface area (Å²) in [6, 6.07) is -0.239. The van der Waals surface area contributed by atoms with Gasteiger partial charge in [0.2, 0.25) is 0 Å². The van der Waals surface area contributed by atoms with Crippen LogP contribution in [0.25, 0.3) is 0 Å². The van der Waals surface area contributed by atoms with E-state index < -0.39 is 0 Å². The van der Waals surface area contributed by atoms with E-state index in [-0.39, 0.29) is 6.03 Å². The van der Waals surface area contributed by atoms with Gasteiger partial charge in [0.25, 0.3) is 0 Å². The largest absolute Gasteiger partial charge is 0.352 e. The molecule has 0 aliphatic carbocycles. The van der Waals surface area contributed by atoms with Gasteiger partial charge >= 0.3 is 6.03 Å². The van der Waals surface area contributed by atoms with Crippen LogP contribution in [0.4, 0.5) is 4.79 Å². The van der Waals surface area contributed by atoms with Crippen molar-refractivity contribution in [3.05, 3.63) is 34.7 Å². The van der Waals surface area contributed by atoms with Gasteiger partial charge < -0.3 is 20.4 Å². The summed E-state index contributed by atoms with van der Waals surface area (Å²) < 4.78 is 0. The first-order chi connectivity index (χ1) is 11.6. The van der Waals surface area contributed by atoms with Crippen LogP contribution in [-0.2, 0) is 4.84 Å². The maximum atomic E-state index is 11.8. The Labute approximate surface area is 142 Å². The molecule has 8 nitrogen and oxygen atoms in total. The Morgan fingerprint density at radius 3 is 2.92 bits per heavy atom. The number of aliphatic imine (C=N–C) groups is 1. The van der Waals surface area contributed by atoms with Crippen LogP contribution in [0.5, 0.6) is 0 Å². The van der Waals surface area contributed by atoms with Gasteiger partial charge in [-0.1, -0.05) is 6.92 Å². The highest BCUT2D eigenvalue weighted by Crippen LogP contribution is 2.36. The number of rotatable bonds is 4. The van der Waals surface area contributed by atoms with E-state index in [0.717, 1.165) is 48.0 Å². The van der Waals surface area contributed by atoms with Gasteiger partial charge in [-0.3, -0.25) is 4.84 Å². The number of amides is 2. The number of nitrogens with one attached hydrogen (secondary N) is 2. The molecule has 0 atom stereocenters. The third-order valence-electron chi connectivity index (χ3n) is 4.25. The number of carbonyl (C=O) groups excluding carboxylic acids is 1. The first kappa shape index (κ1) is 16.4. The van der Waals surface area contributed by atoms with Crippen molar-refractivity contribution >= 4 is 12.2 Å². The van der Waals surface area contributed by atoms with Crippen molar-refractivity contribution in [2.75, 3.05) is 33.9 Å². The molecule has 0 saturated heterocycles. The Morgan fingerprint density at radius 1 is 1.46 bits per heavy atom. The summed E-state index contributed by atoms with van der Waals surface area (Å²) in [4.78, 5) is 26.3. The molecule has 3 rings (SSSR count). The molecule has 24 heavy (non-hydrogen) atoms. The third-order valence-corrected chi connectivity index (χ3v) is 4.25. The Kier molecular flexibility index (Phi) is 4.48. The number of fused-ring (bicyclic) bond motifs is 2. The number of carbonyl (C=O) groups is 1. The fraction of sp³-hybridized carbons (Fsp3) is 0.500. The fourth-order valence-electron chi connectivity index (χ4n) is 3.13. The highest BCUT2D eigenvalue weighted by molar-refractivity contribution is 5.83. The van der Waals surface area contributed by atoms with E-state index in [2.05, 4.69) is 32.3 Å². The average Bonchev–Trinajstić information content (AvgIpc) is 3.01. The van der Waals surface area contributed by atoms with Gasteiger partial charge in [-0.25, -0.2) is 14.9 Å². The zero-order valence-corrected chi connectivity index (χ0v) is 14.6. The Balaban J connectivity index is 2.01. The molecular weight excluding hydrogens is 308 g/mol. The second kappa shape index (κ2) is 6.56. The van der Waals surface area contributed by atoms with E-state index in [0.29, 0.717) is 6.67 Å². The van der Waals surface area contributed by atoms with Gasteiger partial charge in [-0.05, 0) is 18.9 Å². The summed E-state index contributed by atoms with van der Waals surface area (Å²) in [5.41, 5.74) is 3.66. The second-order valence-electron chi connectivity index (χ2n) is 5.93. The lowest BCUT2D eigenvalue weighted by atomic mass is 10.1. The molecule has 3 heterocycles. The average molecular weight is 332 g/mol. The van der Waals surface area contributed by atoms with Crippen LogP contribution in [0, 0.1) is 0 Å². The lowest BCUT2D eigenvalue weighted by Gasteiger charge is -2.40. The topological polar surface area (TPSA) is 72.4 Å². The highest BCUT2D eigenvalue weighted by atomic mass is 16.7. The summed E-state index contributed by atoms with van der Waals surface area (Å²) in [5.74, 6) is 1.02. The summed E-state index contributed by atoms with van der Waals surface area (Å²) in [6.07, 6.45) is 4.77. The standard InChI is InChI=1S/C16H24N6O2/c1-5-6-20-8-11(2)13(19-16(23)17-3)14-15(20)22-10-21(24-4)9-12(22)7-18-14/h7,9H,5-6,8,10H2,1-4H3,(H2,17,19,23). The van der Waals surface area contributed by atoms with Crippen LogP contribution in [0.3, 0.4) is 0 Å². The maximum Gasteiger partial charge on any atom is 0.319 e. The Morgan fingerprint density at radius 2 is 2.25 bits per heavy atom. The Bertz CT molecular complexity index is 663. The van der Waals surface area contributed by atoms with E-state index in [9.17, 15) is 4.79 Å². The number of hydrogen-bond acceptors (Lipinski definition) is 6. The molecule has 0 unspecified atom stereocenters. The molecule has 0 saturated carbocycles. The van der Waals surface area contributed by atoms with E-state index in [1.54, 1.807) is 19.2 Å². The summed E-state index contributed by atoms with van der Waals surface area (Å²) in [5, 5.41) is 7.29. The lowest BCUT2D eigenvalue weighted by molar-refractivity contribution is -0.0971. The minimum Gasteiger partial charge on any atom is -0.352 e. The van der Waals surface area contributed by atoms with Gasteiger partial charge in [0, 0.05) is 20.1 Å². The molecule has 0 radical (unpaired) electrons. The van der Waals surface area contributed by atoms with Crippen LogP contribution in [0.1, 0.15) is 20.3 Å². The molecule has 0 aromatic heterocycles. The van der Waals surface area contributed by atoms with Crippen molar-refractivity contribution in [1.29, 1.82) is 0 Å². The van der Waals surface area contributed by atoms with Crippen molar-refractivity contribution in [3.8, 4) is 0 Å². The molecule has 0 bridgehead atoms. The minimum atomic E-state index is -0.239. The fourth-order valence-corrected chi connectivity index (χ4v) is 3.13. The van der Waals surface area contributed by atoms with Crippen molar-refractivity contribution in [2.24, 2.45) is 4.99 Å². The van der Waals surface area contributed by atoms with E-state index >= 15 is 0 Å². The van der Waals surface area contributed by atoms with E-state index in [1.165, 1.54) is 0 Å². The molecule has 0 aromatic carbocycles. The second-order valence-corrected chi connectivity index (χ2v) is 5.93. The zero-order chi connectivity index (χ0) is 17.3. The smallest absolute Gasteiger partial charge is 0.319 e. The van der Waals surface area contributed by atoms with Crippen molar-refractivity contribution in [3.63, 3.8) is 0 Å². The third kappa shape index (κ3) is 2.73. The molecule has 0 fully saturated rings. The van der Waals surface area contributed by atoms with Crippen LogP contribution in [0.15, 0.2) is 39.7 Å². The van der Waals surface area contributed by atoms with Crippen LogP contribution >= 0.6 is 0 Å². The first-order valence-electron chi connectivity index (χ1n) is 8.11. The lowest BCUT2D eigenvalue weighted by Crippen LogP contribution is -2.45. The molecule has 2 N–H and O–H groups in total. The number of hydroxylamine groups is 2. The molecule has 130 valence electrons. The summed E-state index contributed by atoms with van der Waals surface area (Å²) in [6.45, 7) is 6.48. The predicted molar refractivity (Wildman–Crippen MR) is 91.3 cm³/mol. The van der Waals surface area contributed by atoms with E-state index in [4.69, 9.17) is 4.84 Å². The summed E-state index contributed by atoms with van der Waals surface area (Å²) in [7, 11) is 3.25. The van der Waals surface area contributed by atoms with Gasteiger partial charge in [-0.2, -0.15) is 0 Å². The van der Waals surface area contributed by atoms with Gasteiger partial charge in [-0.15, -0.1) is 0 Å². The number of allylic oxidation sites excluding steroid dienone is 1. The number of nitrogens with zero attached hydrogens (tertiary/aromatic N) is 4. The Hall–Kier alpha value is -2.48. The molecule has 0 aromatic rings. The minimum absolute atomic E-state index is 0.239. The van der Waals surface area contributed by atoms with Gasteiger partial charge in [0.05, 0.1) is 30.9 Å². The quantitative estimate of drug-likeness (QED) is 0.808. The molecule has 3 aliphatic rings. The van der Waals surface area contributed by atoms with Crippen LogP contribution in [0.2, 0.25) is 0 Å². The molecule has 8 heteroatoms. The molecule has 0 spiro atoms. The zero-order valence-electron chi connectivity index (χ0n) is 14.6. The van der Waals surface area contributed by atoms with Crippen molar-refractivity contribution < 1.29 is 9.63 Å². The number of urea groups is 1. The van der Waals surface area contributed by atoms with Crippen LogP contribution in [-0.4, -0.2) is 61.0 Å². The van der Waals surface area contributed by atoms with Crippen molar-refractivity contribution in [2.45, 2.75) is 20.3 Å². The van der Waals surface area contributed by atoms with E-state index in [1.807, 2.05) is 19.3 Å². The molecular formula is C16H24N6O2.